The van der Waals surface area contributed by atoms with Crippen molar-refractivity contribution in [3.05, 3.63) is 59.7 Å². The molecule has 0 aliphatic carbocycles. The molecule has 1 fully saturated rings. The van der Waals surface area contributed by atoms with Gasteiger partial charge in [-0.05, 0) is 36.6 Å². The van der Waals surface area contributed by atoms with Gasteiger partial charge in [0.1, 0.15) is 5.75 Å². The van der Waals surface area contributed by atoms with Crippen LogP contribution in [-0.4, -0.2) is 49.1 Å². The summed E-state index contributed by atoms with van der Waals surface area (Å²) in [7, 11) is 0. The second-order valence-electron chi connectivity index (χ2n) is 7.39. The van der Waals surface area contributed by atoms with Gasteiger partial charge in [-0.25, -0.2) is 0 Å². The van der Waals surface area contributed by atoms with E-state index in [9.17, 15) is 9.59 Å². The van der Waals surface area contributed by atoms with Crippen molar-refractivity contribution in [3.63, 3.8) is 0 Å². The summed E-state index contributed by atoms with van der Waals surface area (Å²) in [5.41, 5.74) is 2.01. The van der Waals surface area contributed by atoms with Gasteiger partial charge >= 0.3 is 0 Å². The van der Waals surface area contributed by atoms with Crippen molar-refractivity contribution in [2.24, 2.45) is 0 Å². The van der Waals surface area contributed by atoms with Gasteiger partial charge in [-0.15, -0.1) is 0 Å². The fraction of sp³-hybridized carbons (Fsp3) is 0.391. The van der Waals surface area contributed by atoms with E-state index in [0.29, 0.717) is 43.3 Å². The van der Waals surface area contributed by atoms with E-state index >= 15 is 0 Å². The number of nitrogens with zero attached hydrogens (tertiary/aromatic N) is 1. The monoisotopic (exact) mass is 396 g/mol. The highest BCUT2D eigenvalue weighted by Crippen LogP contribution is 2.27. The Bertz CT molecular complexity index is 859. The number of hydrogen-bond acceptors (Lipinski definition) is 4. The molecule has 0 saturated carbocycles. The lowest BCUT2D eigenvalue weighted by Gasteiger charge is -2.27. The molecule has 154 valence electrons. The average Bonchev–Trinajstić information content (AvgIpc) is 2.74. The Morgan fingerprint density at radius 1 is 1.00 bits per heavy atom. The number of hydrogen-bond donors (Lipinski definition) is 1. The zero-order valence-corrected chi connectivity index (χ0v) is 17.2. The summed E-state index contributed by atoms with van der Waals surface area (Å²) in [4.78, 5) is 27.4. The van der Waals surface area contributed by atoms with Crippen molar-refractivity contribution in [2.45, 2.75) is 32.8 Å². The second-order valence-corrected chi connectivity index (χ2v) is 7.39. The predicted molar refractivity (Wildman–Crippen MR) is 112 cm³/mol. The van der Waals surface area contributed by atoms with Crippen LogP contribution in [0.1, 0.15) is 42.6 Å². The molecule has 2 amide bonds. The Morgan fingerprint density at radius 3 is 2.38 bits per heavy atom. The molecule has 29 heavy (non-hydrogen) atoms. The number of nitrogens with one attached hydrogen (secondary N) is 1. The Labute approximate surface area is 171 Å². The van der Waals surface area contributed by atoms with Crippen molar-refractivity contribution in [3.8, 4) is 5.75 Å². The molecule has 1 heterocycles. The maximum absolute atomic E-state index is 12.9. The third-order valence-electron chi connectivity index (χ3n) is 4.93. The van der Waals surface area contributed by atoms with Crippen LogP contribution in [0.5, 0.6) is 5.75 Å². The lowest BCUT2D eigenvalue weighted by Crippen LogP contribution is -2.41. The van der Waals surface area contributed by atoms with E-state index in [1.165, 1.54) is 0 Å². The maximum Gasteiger partial charge on any atom is 0.265 e. The molecule has 0 radical (unpaired) electrons. The Kier molecular flexibility index (Phi) is 6.88. The van der Waals surface area contributed by atoms with Gasteiger partial charge in [0.05, 0.1) is 24.5 Å². The average molecular weight is 396 g/mol. The number of amides is 2. The van der Waals surface area contributed by atoms with Gasteiger partial charge in [0.25, 0.3) is 11.8 Å². The third kappa shape index (κ3) is 5.15. The minimum absolute atomic E-state index is 0.108. The van der Waals surface area contributed by atoms with Crippen LogP contribution in [0.3, 0.4) is 0 Å². The quantitative estimate of drug-likeness (QED) is 0.809. The molecule has 6 nitrogen and oxygen atoms in total. The summed E-state index contributed by atoms with van der Waals surface area (Å²) in [5.74, 6) is 0.574. The molecule has 0 bridgehead atoms. The van der Waals surface area contributed by atoms with Crippen LogP contribution >= 0.6 is 0 Å². The molecule has 2 aromatic carbocycles. The summed E-state index contributed by atoms with van der Waals surface area (Å²) >= 11 is 0. The van der Waals surface area contributed by atoms with Crippen LogP contribution in [0.4, 0.5) is 5.69 Å². The molecule has 6 heteroatoms. The lowest BCUT2D eigenvalue weighted by molar-refractivity contribution is -0.122. The normalized spacial score (nSPS) is 15.1. The number of carbonyl (C=O) groups excluding carboxylic acids is 2. The molecule has 1 N–H and O–H groups in total. The number of benzene rings is 2. The van der Waals surface area contributed by atoms with Gasteiger partial charge in [-0.1, -0.05) is 44.2 Å². The summed E-state index contributed by atoms with van der Waals surface area (Å²) in [6, 6.07) is 14.8. The van der Waals surface area contributed by atoms with Crippen molar-refractivity contribution in [1.29, 1.82) is 0 Å². The summed E-state index contributed by atoms with van der Waals surface area (Å²) in [6.07, 6.45) is -0.707. The minimum Gasteiger partial charge on any atom is -0.481 e. The molecule has 0 unspecified atom stereocenters. The molecular weight excluding hydrogens is 368 g/mol. The molecule has 1 aliphatic rings. The number of carbonyl (C=O) groups is 2. The molecule has 1 aliphatic heterocycles. The van der Waals surface area contributed by atoms with Gasteiger partial charge in [-0.2, -0.15) is 0 Å². The van der Waals surface area contributed by atoms with Crippen LogP contribution in [0.2, 0.25) is 0 Å². The molecule has 0 aromatic heterocycles. The number of anilines is 1. The number of para-hydroxylation sites is 2. The number of morpholine rings is 1. The summed E-state index contributed by atoms with van der Waals surface area (Å²) in [5, 5.41) is 2.86. The Balaban J connectivity index is 1.71. The van der Waals surface area contributed by atoms with Crippen LogP contribution in [0.25, 0.3) is 0 Å². The summed E-state index contributed by atoms with van der Waals surface area (Å²) in [6.45, 7) is 8.03. The van der Waals surface area contributed by atoms with Crippen molar-refractivity contribution in [1.82, 2.24) is 4.90 Å². The van der Waals surface area contributed by atoms with E-state index < -0.39 is 6.10 Å². The van der Waals surface area contributed by atoms with Gasteiger partial charge in [-0.3, -0.25) is 9.59 Å². The number of rotatable bonds is 6. The van der Waals surface area contributed by atoms with Crippen LogP contribution in [0, 0.1) is 0 Å². The van der Waals surface area contributed by atoms with E-state index in [-0.39, 0.29) is 17.7 Å². The summed E-state index contributed by atoms with van der Waals surface area (Å²) < 4.78 is 11.2. The fourth-order valence-electron chi connectivity index (χ4n) is 3.26. The van der Waals surface area contributed by atoms with Crippen molar-refractivity contribution in [2.75, 3.05) is 31.6 Å². The van der Waals surface area contributed by atoms with Gasteiger partial charge in [0, 0.05) is 13.1 Å². The first-order valence-electron chi connectivity index (χ1n) is 10.00. The van der Waals surface area contributed by atoms with Crippen LogP contribution in [-0.2, 0) is 9.53 Å². The standard InChI is InChI=1S/C23H28N2O4/c1-16(2)18-8-5-7-11-21(18)29-17(3)22(26)24-20-10-6-4-9-19(20)23(27)25-12-14-28-15-13-25/h4-11,16-17H,12-15H2,1-3H3,(H,24,26)/t17-/m0/s1. The highest BCUT2D eigenvalue weighted by Gasteiger charge is 2.23. The fourth-order valence-corrected chi connectivity index (χ4v) is 3.26. The highest BCUT2D eigenvalue weighted by atomic mass is 16.5. The molecule has 1 saturated heterocycles. The van der Waals surface area contributed by atoms with E-state index in [0.717, 1.165) is 5.56 Å². The third-order valence-corrected chi connectivity index (χ3v) is 4.93. The van der Waals surface area contributed by atoms with E-state index in [2.05, 4.69) is 19.2 Å². The number of ether oxygens (including phenoxy) is 2. The SMILES string of the molecule is CC(C)c1ccccc1O[C@@H](C)C(=O)Nc1ccccc1C(=O)N1CCOCC1. The van der Waals surface area contributed by atoms with Gasteiger partial charge in [0.15, 0.2) is 6.10 Å². The van der Waals surface area contributed by atoms with Crippen LogP contribution < -0.4 is 10.1 Å². The zero-order chi connectivity index (χ0) is 20.8. The largest absolute Gasteiger partial charge is 0.481 e. The topological polar surface area (TPSA) is 67.9 Å². The van der Waals surface area contributed by atoms with Gasteiger partial charge < -0.3 is 19.7 Å². The molecule has 1 atom stereocenters. The first-order valence-corrected chi connectivity index (χ1v) is 10.00. The smallest absolute Gasteiger partial charge is 0.265 e. The molecular formula is C23H28N2O4. The Hall–Kier alpha value is -2.86. The van der Waals surface area contributed by atoms with E-state index in [1.807, 2.05) is 24.3 Å². The van der Waals surface area contributed by atoms with Crippen molar-refractivity contribution >= 4 is 17.5 Å². The molecule has 2 aromatic rings. The maximum atomic E-state index is 12.9. The minimum atomic E-state index is -0.707. The first-order chi connectivity index (χ1) is 14.0. The molecule has 0 spiro atoms. The second kappa shape index (κ2) is 9.56. The van der Waals surface area contributed by atoms with Gasteiger partial charge in [0.2, 0.25) is 0 Å². The Morgan fingerprint density at radius 2 is 1.66 bits per heavy atom. The van der Waals surface area contributed by atoms with Crippen molar-refractivity contribution < 1.29 is 19.1 Å². The zero-order valence-electron chi connectivity index (χ0n) is 17.2. The van der Waals surface area contributed by atoms with Crippen LogP contribution in [0.15, 0.2) is 48.5 Å². The lowest BCUT2D eigenvalue weighted by atomic mass is 10.0. The van der Waals surface area contributed by atoms with E-state index in [4.69, 9.17) is 9.47 Å². The first kappa shape index (κ1) is 20.9. The highest BCUT2D eigenvalue weighted by molar-refractivity contribution is 6.04. The predicted octanol–water partition coefficient (Wildman–Crippen LogP) is 3.69. The van der Waals surface area contributed by atoms with E-state index in [1.54, 1.807) is 36.1 Å². The molecule has 3 rings (SSSR count).